The molecule has 0 aliphatic carbocycles. The van der Waals surface area contributed by atoms with E-state index in [2.05, 4.69) is 24.8 Å². The Kier molecular flexibility index (Phi) is 4.43. The summed E-state index contributed by atoms with van der Waals surface area (Å²) < 4.78 is 0. The molecule has 0 saturated heterocycles. The summed E-state index contributed by atoms with van der Waals surface area (Å²) in [4.78, 5) is 40.3. The van der Waals surface area contributed by atoms with Gasteiger partial charge in [0.2, 0.25) is 0 Å². The van der Waals surface area contributed by atoms with Crippen molar-refractivity contribution < 1.29 is 4.92 Å². The van der Waals surface area contributed by atoms with E-state index in [4.69, 9.17) is 0 Å². The van der Waals surface area contributed by atoms with Crippen LogP contribution in [0, 0.1) is 10.1 Å². The van der Waals surface area contributed by atoms with Crippen LogP contribution in [0.1, 0.15) is 16.8 Å². The second kappa shape index (κ2) is 7.04. The third-order valence-electron chi connectivity index (χ3n) is 4.54. The Balaban J connectivity index is 1.53. The van der Waals surface area contributed by atoms with E-state index in [0.29, 0.717) is 36.5 Å². The van der Waals surface area contributed by atoms with Gasteiger partial charge in [0.25, 0.3) is 11.2 Å². The number of nitrogens with zero attached hydrogens (tertiary/aromatic N) is 5. The van der Waals surface area contributed by atoms with Gasteiger partial charge in [0.1, 0.15) is 12.2 Å². The fraction of sp³-hybridized carbons (Fsp3) is 0.222. The van der Waals surface area contributed by atoms with Crippen LogP contribution in [0.2, 0.25) is 0 Å². The van der Waals surface area contributed by atoms with E-state index in [9.17, 15) is 14.9 Å². The molecule has 1 aliphatic rings. The summed E-state index contributed by atoms with van der Waals surface area (Å²) in [5.41, 5.74) is 2.99. The number of aromatic amines is 1. The summed E-state index contributed by atoms with van der Waals surface area (Å²) in [5, 5.41) is 10.7. The molecule has 4 rings (SSSR count). The number of hydrogen-bond donors (Lipinski definition) is 1. The van der Waals surface area contributed by atoms with Crippen LogP contribution in [0.4, 0.5) is 5.69 Å². The third-order valence-corrected chi connectivity index (χ3v) is 4.54. The minimum atomic E-state index is -0.415. The fourth-order valence-corrected chi connectivity index (χ4v) is 3.16. The molecule has 3 aromatic rings. The Morgan fingerprint density at radius 3 is 2.63 bits per heavy atom. The fourth-order valence-electron chi connectivity index (χ4n) is 3.16. The summed E-state index contributed by atoms with van der Waals surface area (Å²) in [6, 6.07) is 6.48. The highest BCUT2D eigenvalue weighted by Gasteiger charge is 2.22. The number of nitro benzene ring substituents is 1. The van der Waals surface area contributed by atoms with Crippen molar-refractivity contribution in [2.45, 2.75) is 19.5 Å². The second-order valence-electron chi connectivity index (χ2n) is 6.35. The standard InChI is InChI=1S/C18H16N6O3/c25-18-15-10-23(9-12-1-3-14(4-2-12)24(26)27)6-5-16(15)21-17(22-18)13-7-19-11-20-8-13/h1-4,7-8,11H,5-6,9-10H2,(H,21,22,25). The minimum absolute atomic E-state index is 0.0702. The number of nitrogens with one attached hydrogen (secondary N) is 1. The van der Waals surface area contributed by atoms with E-state index in [1.165, 1.54) is 18.5 Å². The van der Waals surface area contributed by atoms with Crippen molar-refractivity contribution in [2.24, 2.45) is 0 Å². The highest BCUT2D eigenvalue weighted by molar-refractivity contribution is 5.52. The molecule has 1 aliphatic heterocycles. The molecule has 2 aromatic heterocycles. The van der Waals surface area contributed by atoms with Gasteiger partial charge in [0.05, 0.1) is 21.7 Å². The molecular weight excluding hydrogens is 348 g/mol. The van der Waals surface area contributed by atoms with Gasteiger partial charge in [-0.3, -0.25) is 19.8 Å². The van der Waals surface area contributed by atoms with Gasteiger partial charge in [-0.1, -0.05) is 12.1 Å². The molecule has 27 heavy (non-hydrogen) atoms. The van der Waals surface area contributed by atoms with Crippen LogP contribution >= 0.6 is 0 Å². The van der Waals surface area contributed by atoms with Crippen molar-refractivity contribution in [2.75, 3.05) is 6.54 Å². The van der Waals surface area contributed by atoms with Crippen LogP contribution in [0.5, 0.6) is 0 Å². The molecule has 0 spiro atoms. The predicted octanol–water partition coefficient (Wildman–Crippen LogP) is 1.69. The van der Waals surface area contributed by atoms with Crippen LogP contribution in [-0.4, -0.2) is 36.3 Å². The molecule has 9 nitrogen and oxygen atoms in total. The maximum Gasteiger partial charge on any atom is 0.269 e. The maximum absolute atomic E-state index is 12.5. The van der Waals surface area contributed by atoms with Crippen LogP contribution in [-0.2, 0) is 19.5 Å². The van der Waals surface area contributed by atoms with Crippen LogP contribution in [0.15, 0.2) is 47.8 Å². The topological polar surface area (TPSA) is 118 Å². The van der Waals surface area contributed by atoms with E-state index < -0.39 is 4.92 Å². The largest absolute Gasteiger partial charge is 0.306 e. The van der Waals surface area contributed by atoms with Gasteiger partial charge < -0.3 is 4.98 Å². The number of hydrogen-bond acceptors (Lipinski definition) is 7. The van der Waals surface area contributed by atoms with Crippen molar-refractivity contribution in [1.29, 1.82) is 0 Å². The van der Waals surface area contributed by atoms with Crippen molar-refractivity contribution >= 4 is 5.69 Å². The van der Waals surface area contributed by atoms with E-state index in [1.807, 2.05) is 0 Å². The SMILES string of the molecule is O=c1[nH]c(-c2cncnc2)nc2c1CN(Cc1ccc([N+](=O)[O-])cc1)CC2. The molecule has 9 heteroatoms. The van der Waals surface area contributed by atoms with E-state index in [-0.39, 0.29) is 11.2 Å². The zero-order valence-corrected chi connectivity index (χ0v) is 14.3. The molecule has 0 saturated carbocycles. The lowest BCUT2D eigenvalue weighted by Gasteiger charge is -2.27. The first-order valence-electron chi connectivity index (χ1n) is 8.43. The number of benzene rings is 1. The first-order valence-corrected chi connectivity index (χ1v) is 8.43. The quantitative estimate of drug-likeness (QED) is 0.553. The number of nitro groups is 1. The minimum Gasteiger partial charge on any atom is -0.306 e. The number of aromatic nitrogens is 4. The Bertz CT molecular complexity index is 1030. The van der Waals surface area contributed by atoms with Crippen LogP contribution in [0.3, 0.4) is 0 Å². The molecule has 136 valence electrons. The number of non-ortho nitro benzene ring substituents is 1. The lowest BCUT2D eigenvalue weighted by molar-refractivity contribution is -0.384. The van der Waals surface area contributed by atoms with Crippen molar-refractivity contribution in [3.05, 3.63) is 80.3 Å². The molecule has 0 unspecified atom stereocenters. The molecule has 1 N–H and O–H groups in total. The van der Waals surface area contributed by atoms with E-state index in [1.54, 1.807) is 24.5 Å². The van der Waals surface area contributed by atoms with Gasteiger partial charge in [-0.05, 0) is 5.56 Å². The number of fused-ring (bicyclic) bond motifs is 1. The molecule has 1 aromatic carbocycles. The highest BCUT2D eigenvalue weighted by atomic mass is 16.6. The molecule has 0 atom stereocenters. The van der Waals surface area contributed by atoms with E-state index in [0.717, 1.165) is 17.8 Å². The van der Waals surface area contributed by atoms with Gasteiger partial charge in [-0.25, -0.2) is 15.0 Å². The average molecular weight is 364 g/mol. The Morgan fingerprint density at radius 2 is 1.93 bits per heavy atom. The molecule has 0 bridgehead atoms. The second-order valence-corrected chi connectivity index (χ2v) is 6.35. The third kappa shape index (κ3) is 3.58. The van der Waals surface area contributed by atoms with Crippen LogP contribution < -0.4 is 5.56 Å². The number of rotatable bonds is 4. The van der Waals surface area contributed by atoms with Gasteiger partial charge in [0, 0.05) is 50.6 Å². The van der Waals surface area contributed by atoms with Crippen molar-refractivity contribution in [1.82, 2.24) is 24.8 Å². The summed E-state index contributed by atoms with van der Waals surface area (Å²) in [6.07, 6.45) is 5.31. The first kappa shape index (κ1) is 17.0. The molecule has 0 amide bonds. The monoisotopic (exact) mass is 364 g/mol. The predicted molar refractivity (Wildman–Crippen MR) is 96.8 cm³/mol. The molecule has 0 fully saturated rings. The lowest BCUT2D eigenvalue weighted by atomic mass is 10.1. The van der Waals surface area contributed by atoms with Gasteiger partial charge in [-0.15, -0.1) is 0 Å². The van der Waals surface area contributed by atoms with Crippen molar-refractivity contribution in [3.8, 4) is 11.4 Å². The molecule has 0 radical (unpaired) electrons. The van der Waals surface area contributed by atoms with Crippen molar-refractivity contribution in [3.63, 3.8) is 0 Å². The van der Waals surface area contributed by atoms with Gasteiger partial charge >= 0.3 is 0 Å². The molecule has 3 heterocycles. The Morgan fingerprint density at radius 1 is 1.19 bits per heavy atom. The number of H-pyrrole nitrogens is 1. The normalized spacial score (nSPS) is 13.9. The summed E-state index contributed by atoms with van der Waals surface area (Å²) >= 11 is 0. The summed E-state index contributed by atoms with van der Waals surface area (Å²) in [5.74, 6) is 0.475. The van der Waals surface area contributed by atoms with Crippen LogP contribution in [0.25, 0.3) is 11.4 Å². The zero-order chi connectivity index (χ0) is 18.8. The average Bonchev–Trinajstić information content (AvgIpc) is 2.69. The lowest BCUT2D eigenvalue weighted by Crippen LogP contribution is -2.35. The molecular formula is C18H16N6O3. The Hall–Kier alpha value is -3.46. The smallest absolute Gasteiger partial charge is 0.269 e. The van der Waals surface area contributed by atoms with E-state index >= 15 is 0 Å². The highest BCUT2D eigenvalue weighted by Crippen LogP contribution is 2.20. The summed E-state index contributed by atoms with van der Waals surface area (Å²) in [6.45, 7) is 1.86. The first-order chi connectivity index (χ1) is 13.1. The maximum atomic E-state index is 12.5. The zero-order valence-electron chi connectivity index (χ0n) is 14.3. The van der Waals surface area contributed by atoms with Gasteiger partial charge in [0.15, 0.2) is 0 Å². The van der Waals surface area contributed by atoms with Gasteiger partial charge in [-0.2, -0.15) is 0 Å². The summed E-state index contributed by atoms with van der Waals surface area (Å²) in [7, 11) is 0. The Labute approximate surface area is 153 Å².